The molecule has 0 saturated heterocycles. The first kappa shape index (κ1) is 54.0. The van der Waals surface area contributed by atoms with E-state index in [0.717, 1.165) is 0 Å². The van der Waals surface area contributed by atoms with Crippen molar-refractivity contribution < 1.29 is 4.42 Å². The highest BCUT2D eigenvalue weighted by atomic mass is 16.3. The minimum atomic E-state index is -0.263. The van der Waals surface area contributed by atoms with Crippen LogP contribution in [0.3, 0.4) is 0 Å². The molecule has 0 N–H and O–H groups in total. The topological polar surface area (TPSA) is 13.1 Å². The van der Waals surface area contributed by atoms with Crippen LogP contribution in [0.4, 0.5) is 0 Å². The molecule has 0 aliphatic carbocycles. The maximum Gasteiger partial charge on any atom is 0.128 e. The van der Waals surface area contributed by atoms with Gasteiger partial charge in [0.05, 0.1) is 0 Å². The molecular weight excluding hydrogens is 871 g/mol. The van der Waals surface area contributed by atoms with Gasteiger partial charge >= 0.3 is 0 Å². The number of hydrogen-bond acceptors (Lipinski definition) is 1. The van der Waals surface area contributed by atoms with Gasteiger partial charge in [0.25, 0.3) is 0 Å². The van der Waals surface area contributed by atoms with Crippen LogP contribution in [0.25, 0.3) is 98.4 Å². The van der Waals surface area contributed by atoms with Gasteiger partial charge in [0.15, 0.2) is 0 Å². The lowest BCUT2D eigenvalue weighted by Gasteiger charge is -2.33. The Labute approximate surface area is 472 Å². The molecule has 0 unspecified atom stereocenters. The molecule has 0 fully saturated rings. The summed E-state index contributed by atoms with van der Waals surface area (Å²) in [6.45, 7) is 0. The summed E-state index contributed by atoms with van der Waals surface area (Å²) in [6.07, 6.45) is 0. The van der Waals surface area contributed by atoms with Crippen molar-refractivity contribution in [3.63, 3.8) is 0 Å². The smallest absolute Gasteiger partial charge is 0.128 e. The van der Waals surface area contributed by atoms with Gasteiger partial charge in [-0.05, 0) is 81.9 Å². The van der Waals surface area contributed by atoms with Crippen molar-refractivity contribution in [1.29, 1.82) is 0 Å². The van der Waals surface area contributed by atoms with Gasteiger partial charge in [0.1, 0.15) is 231 Å². The number of hydrogen-bond donors (Lipinski definition) is 0. The highest BCUT2D eigenvalue weighted by Gasteiger charge is 2.32. The number of fused-ring (bicyclic) bond motifs is 7. The third-order valence-electron chi connectivity index (χ3n) is 14.7. The summed E-state index contributed by atoms with van der Waals surface area (Å²) < 4.78 is 6.54. The maximum atomic E-state index is 7.49. The van der Waals surface area contributed by atoms with Crippen LogP contribution in [-0.4, -0.2) is 220 Å². The monoisotopic (exact) mass is 876 g/mol. The standard InChI is InChI=1S/C46B28O/c47-17-3(9-11(26(56)37(67)36(66)25(9)55)18(48)12(17)14-28(58)40(70)43(73)41(71)29(14)59)1-4-6(22(52)34(64)32(62)20(4)50)2(7-5(1)21(51)33(63)35(65)23(7)53)8-10-16-19(49)13-15(30(60)39(69)38(68)27(13)57)31(61)46(16)75-45(10)44(74)42(72)24(8)54. The van der Waals surface area contributed by atoms with Gasteiger partial charge in [0, 0.05) is 10.8 Å². The van der Waals surface area contributed by atoms with Gasteiger partial charge in [-0.25, -0.2) is 0 Å². The fourth-order valence-electron chi connectivity index (χ4n) is 10.7. The SMILES string of the molecule is [B]c1c([B])c([B])c(-c2c([B])c(-c3c4c([B])c([B])c([B])c([B])c4c(-c4c([B])c([B])c([B])c5oc6c([B])c7c([B])c([B])c([B])c([B])c7c([B])c6c45)c4c([B])c([B])c([B])c([B])c34)c3c([B])c([B])c([B])c([B])c3c2[B])c([B])c1[B]. The lowest BCUT2D eigenvalue weighted by molar-refractivity contribution is 0.675. The Kier molecular flexibility index (Phi) is 13.0. The zero-order chi connectivity index (χ0) is 55.3. The van der Waals surface area contributed by atoms with Crippen LogP contribution < -0.4 is 153 Å². The summed E-state index contributed by atoms with van der Waals surface area (Å²) in [5.41, 5.74) is -5.56. The van der Waals surface area contributed by atoms with E-state index in [0.29, 0.717) is 0 Å². The van der Waals surface area contributed by atoms with E-state index >= 15 is 0 Å². The highest BCUT2D eigenvalue weighted by Crippen LogP contribution is 2.44. The van der Waals surface area contributed by atoms with Gasteiger partial charge < -0.3 is 4.42 Å². The second kappa shape index (κ2) is 18.1. The molecule has 0 atom stereocenters. The molecule has 0 bridgehead atoms. The molecule has 9 aromatic carbocycles. The van der Waals surface area contributed by atoms with Crippen molar-refractivity contribution in [2.45, 2.75) is 0 Å². The molecule has 274 valence electrons. The molecule has 1 aromatic heterocycles. The van der Waals surface area contributed by atoms with Crippen LogP contribution >= 0.6 is 0 Å². The summed E-state index contributed by atoms with van der Waals surface area (Å²) in [5.74, 6) is 0. The van der Waals surface area contributed by atoms with E-state index in [-0.39, 0.29) is 251 Å². The Morgan fingerprint density at radius 3 is 0.720 bits per heavy atom. The van der Waals surface area contributed by atoms with Crippen molar-refractivity contribution in [2.24, 2.45) is 0 Å². The summed E-state index contributed by atoms with van der Waals surface area (Å²) in [5, 5.41) is 0.0170. The molecule has 10 aromatic rings. The fraction of sp³-hybridized carbons (Fsp3) is 0. The first-order chi connectivity index (χ1) is 35.0. The molecule has 75 heavy (non-hydrogen) atoms. The van der Waals surface area contributed by atoms with Gasteiger partial charge in [-0.1, -0.05) is 81.9 Å². The molecule has 0 aliphatic heterocycles. The minimum Gasteiger partial charge on any atom is -0.457 e. The third-order valence-corrected chi connectivity index (χ3v) is 14.7. The average molecular weight is 871 g/mol. The first-order valence-electron chi connectivity index (χ1n) is 22.0. The predicted octanol–water partition coefficient (Wildman–Crippen LogP) is -20.6. The molecule has 1 heterocycles. The van der Waals surface area contributed by atoms with Crippen LogP contribution in [0.5, 0.6) is 0 Å². The van der Waals surface area contributed by atoms with E-state index in [1.54, 1.807) is 0 Å². The summed E-state index contributed by atoms with van der Waals surface area (Å²) >= 11 is 0. The summed E-state index contributed by atoms with van der Waals surface area (Å²) in [6, 6.07) is 0. The van der Waals surface area contributed by atoms with E-state index < -0.39 is 0 Å². The second-order valence-corrected chi connectivity index (χ2v) is 18.3. The normalized spacial score (nSPS) is 11.9. The van der Waals surface area contributed by atoms with Crippen molar-refractivity contribution in [3.8, 4) is 33.4 Å². The van der Waals surface area contributed by atoms with Gasteiger partial charge in [-0.3, -0.25) is 0 Å². The minimum absolute atomic E-state index is 0.0304. The second-order valence-electron chi connectivity index (χ2n) is 18.3. The van der Waals surface area contributed by atoms with Crippen molar-refractivity contribution >= 4 is 438 Å². The Morgan fingerprint density at radius 1 is 0.120 bits per heavy atom. The quantitative estimate of drug-likeness (QED) is 0.127. The molecule has 0 saturated carbocycles. The Bertz CT molecular complexity index is 4330. The van der Waals surface area contributed by atoms with Gasteiger partial charge in [-0.2, -0.15) is 0 Å². The van der Waals surface area contributed by atoms with Gasteiger partial charge in [0.2, 0.25) is 0 Å². The molecule has 1 nitrogen and oxygen atoms in total. The molecule has 10 rings (SSSR count). The van der Waals surface area contributed by atoms with Crippen LogP contribution in [0, 0.1) is 0 Å². The summed E-state index contributed by atoms with van der Waals surface area (Å²) in [4.78, 5) is 0. The summed E-state index contributed by atoms with van der Waals surface area (Å²) in [7, 11) is 191. The maximum absolute atomic E-state index is 7.49. The van der Waals surface area contributed by atoms with E-state index in [1.165, 1.54) is 0 Å². The molecule has 0 spiro atoms. The van der Waals surface area contributed by atoms with Crippen LogP contribution in [0.1, 0.15) is 0 Å². The lowest BCUT2D eigenvalue weighted by Crippen LogP contribution is -2.56. The first-order valence-corrected chi connectivity index (χ1v) is 22.0. The van der Waals surface area contributed by atoms with Crippen molar-refractivity contribution in [1.82, 2.24) is 0 Å². The highest BCUT2D eigenvalue weighted by molar-refractivity contribution is 6.78. The molecule has 0 aliphatic rings. The van der Waals surface area contributed by atoms with Crippen LogP contribution in [-0.2, 0) is 0 Å². The predicted molar refractivity (Wildman–Crippen MR) is 351 cm³/mol. The zero-order valence-corrected chi connectivity index (χ0v) is 39.6. The van der Waals surface area contributed by atoms with Crippen molar-refractivity contribution in [2.75, 3.05) is 0 Å². The van der Waals surface area contributed by atoms with E-state index in [2.05, 4.69) is 0 Å². The number of rotatable bonds is 3. The molecular formula is C46B28O. The molecule has 0 amide bonds. The van der Waals surface area contributed by atoms with Crippen molar-refractivity contribution in [3.05, 3.63) is 0 Å². The zero-order valence-electron chi connectivity index (χ0n) is 39.6. The molecule has 29 heteroatoms. The Hall–Kier alpha value is -4.36. The van der Waals surface area contributed by atoms with E-state index in [1.807, 2.05) is 0 Å². The number of furan rings is 1. The van der Waals surface area contributed by atoms with Crippen LogP contribution in [0.2, 0.25) is 0 Å². The average Bonchev–Trinajstić information content (AvgIpc) is 3.79. The largest absolute Gasteiger partial charge is 0.457 e. The fourth-order valence-corrected chi connectivity index (χ4v) is 10.7. The van der Waals surface area contributed by atoms with Gasteiger partial charge in [-0.15, -0.1) is 65.6 Å². The molecule has 56 radical (unpaired) electrons. The Balaban J connectivity index is 1.60. The van der Waals surface area contributed by atoms with E-state index in [4.69, 9.17) is 224 Å². The van der Waals surface area contributed by atoms with Crippen LogP contribution in [0.15, 0.2) is 4.42 Å². The number of benzene rings is 9. The van der Waals surface area contributed by atoms with E-state index in [9.17, 15) is 0 Å². The Morgan fingerprint density at radius 2 is 0.347 bits per heavy atom. The lowest BCUT2D eigenvalue weighted by atomic mass is 9.55. The third kappa shape index (κ3) is 6.85.